The first-order valence-electron chi connectivity index (χ1n) is 12.4. The van der Waals surface area contributed by atoms with Crippen molar-refractivity contribution in [3.8, 4) is 0 Å². The number of carbonyl (C=O) groups is 1. The molecule has 0 fully saturated rings. The van der Waals surface area contributed by atoms with Gasteiger partial charge in [0, 0.05) is 19.6 Å². The standard InChI is InChI=1S/C32H35NO3/c1-31(2,3)36-30(34)21-32(35,29-19-18-27-16-10-11-17-28(27)20-29)24-33(22-25-12-6-4-7-13-25)23-26-14-8-5-9-15-26/h4-20,35H,21-24H2,1-3H3. The molecule has 0 spiro atoms. The largest absolute Gasteiger partial charge is 0.460 e. The minimum Gasteiger partial charge on any atom is -0.460 e. The van der Waals surface area contributed by atoms with Crippen LogP contribution in [-0.4, -0.2) is 28.1 Å². The second-order valence-electron chi connectivity index (χ2n) is 10.5. The molecular weight excluding hydrogens is 446 g/mol. The predicted octanol–water partition coefficient (Wildman–Crippen LogP) is 6.46. The second kappa shape index (κ2) is 11.1. The molecule has 186 valence electrons. The van der Waals surface area contributed by atoms with Gasteiger partial charge >= 0.3 is 5.97 Å². The molecule has 0 saturated heterocycles. The van der Waals surface area contributed by atoms with Crippen LogP contribution in [0.1, 0.15) is 43.9 Å². The van der Waals surface area contributed by atoms with E-state index in [9.17, 15) is 9.90 Å². The molecule has 0 aliphatic heterocycles. The van der Waals surface area contributed by atoms with Crippen molar-refractivity contribution in [1.82, 2.24) is 4.90 Å². The van der Waals surface area contributed by atoms with E-state index in [1.165, 1.54) is 0 Å². The third kappa shape index (κ3) is 7.03. The number of esters is 1. The molecule has 4 rings (SSSR count). The van der Waals surface area contributed by atoms with Crippen LogP contribution in [0, 0.1) is 0 Å². The molecule has 4 nitrogen and oxygen atoms in total. The summed E-state index contributed by atoms with van der Waals surface area (Å²) in [7, 11) is 0. The Balaban J connectivity index is 1.70. The van der Waals surface area contributed by atoms with Gasteiger partial charge in [-0.25, -0.2) is 0 Å². The zero-order valence-electron chi connectivity index (χ0n) is 21.4. The molecule has 1 N–H and O–H groups in total. The highest BCUT2D eigenvalue weighted by atomic mass is 16.6. The fraction of sp³-hybridized carbons (Fsp3) is 0.281. The highest BCUT2D eigenvalue weighted by Gasteiger charge is 2.36. The Labute approximate surface area is 214 Å². The lowest BCUT2D eigenvalue weighted by Gasteiger charge is -2.35. The lowest BCUT2D eigenvalue weighted by molar-refractivity contribution is -0.161. The van der Waals surface area contributed by atoms with Crippen molar-refractivity contribution in [2.75, 3.05) is 6.54 Å². The van der Waals surface area contributed by atoms with Crippen LogP contribution in [0.2, 0.25) is 0 Å². The molecule has 4 aromatic rings. The zero-order chi connectivity index (χ0) is 25.6. The van der Waals surface area contributed by atoms with Gasteiger partial charge < -0.3 is 9.84 Å². The van der Waals surface area contributed by atoms with Gasteiger partial charge in [-0.2, -0.15) is 0 Å². The second-order valence-corrected chi connectivity index (χ2v) is 10.5. The van der Waals surface area contributed by atoms with Crippen molar-refractivity contribution >= 4 is 16.7 Å². The maximum atomic E-state index is 13.0. The van der Waals surface area contributed by atoms with E-state index in [1.807, 2.05) is 99.6 Å². The first kappa shape index (κ1) is 25.6. The van der Waals surface area contributed by atoms with E-state index in [0.717, 1.165) is 21.9 Å². The van der Waals surface area contributed by atoms with Gasteiger partial charge in [0.2, 0.25) is 0 Å². The summed E-state index contributed by atoms with van der Waals surface area (Å²) in [5.41, 5.74) is 0.932. The summed E-state index contributed by atoms with van der Waals surface area (Å²) in [6.07, 6.45) is -0.136. The van der Waals surface area contributed by atoms with E-state index in [1.54, 1.807) is 0 Å². The maximum absolute atomic E-state index is 13.0. The van der Waals surface area contributed by atoms with Crippen LogP contribution in [0.5, 0.6) is 0 Å². The van der Waals surface area contributed by atoms with Gasteiger partial charge in [0.15, 0.2) is 0 Å². The third-order valence-electron chi connectivity index (χ3n) is 6.13. The first-order valence-corrected chi connectivity index (χ1v) is 12.4. The fourth-order valence-electron chi connectivity index (χ4n) is 4.57. The molecule has 4 heteroatoms. The number of ether oxygens (including phenoxy) is 1. The van der Waals surface area contributed by atoms with Gasteiger partial charge in [0.25, 0.3) is 0 Å². The summed E-state index contributed by atoms with van der Waals surface area (Å²) in [5.74, 6) is -0.419. The molecule has 1 unspecified atom stereocenters. The summed E-state index contributed by atoms with van der Waals surface area (Å²) < 4.78 is 5.64. The number of carbonyl (C=O) groups excluding carboxylic acids is 1. The number of hydrogen-bond donors (Lipinski definition) is 1. The van der Waals surface area contributed by atoms with Crippen molar-refractivity contribution in [3.63, 3.8) is 0 Å². The molecular formula is C32H35NO3. The number of benzene rings is 4. The van der Waals surface area contributed by atoms with Crippen LogP contribution in [0.4, 0.5) is 0 Å². The lowest BCUT2D eigenvalue weighted by Crippen LogP contribution is -2.43. The van der Waals surface area contributed by atoms with Crippen LogP contribution >= 0.6 is 0 Å². The Morgan fingerprint density at radius 3 is 1.83 bits per heavy atom. The van der Waals surface area contributed by atoms with Gasteiger partial charge in [-0.1, -0.05) is 97.1 Å². The molecule has 1 atom stereocenters. The summed E-state index contributed by atoms with van der Waals surface area (Å²) >= 11 is 0. The average Bonchev–Trinajstić information content (AvgIpc) is 2.83. The molecule has 0 radical (unpaired) electrons. The fourth-order valence-corrected chi connectivity index (χ4v) is 4.57. The van der Waals surface area contributed by atoms with Gasteiger partial charge in [-0.3, -0.25) is 9.69 Å². The van der Waals surface area contributed by atoms with E-state index in [0.29, 0.717) is 18.7 Å². The molecule has 0 aromatic heterocycles. The maximum Gasteiger partial charge on any atom is 0.309 e. The Kier molecular flexibility index (Phi) is 7.88. The molecule has 0 heterocycles. The van der Waals surface area contributed by atoms with Crippen LogP contribution in [0.25, 0.3) is 10.8 Å². The summed E-state index contributed by atoms with van der Waals surface area (Å²) in [5, 5.41) is 14.3. The monoisotopic (exact) mass is 481 g/mol. The molecule has 0 aliphatic carbocycles. The highest BCUT2D eigenvalue weighted by Crippen LogP contribution is 2.31. The van der Waals surface area contributed by atoms with E-state index in [4.69, 9.17) is 4.74 Å². The Morgan fingerprint density at radius 2 is 1.28 bits per heavy atom. The molecule has 36 heavy (non-hydrogen) atoms. The van der Waals surface area contributed by atoms with E-state index in [-0.39, 0.29) is 13.0 Å². The van der Waals surface area contributed by atoms with E-state index < -0.39 is 17.2 Å². The van der Waals surface area contributed by atoms with Crippen LogP contribution < -0.4 is 0 Å². The minimum absolute atomic E-state index is 0.136. The Morgan fingerprint density at radius 1 is 0.750 bits per heavy atom. The number of fused-ring (bicyclic) bond motifs is 1. The summed E-state index contributed by atoms with van der Waals surface area (Å²) in [6.45, 7) is 7.08. The van der Waals surface area contributed by atoms with Crippen LogP contribution in [0.3, 0.4) is 0 Å². The van der Waals surface area contributed by atoms with Crippen molar-refractivity contribution in [3.05, 3.63) is 120 Å². The van der Waals surface area contributed by atoms with Crippen LogP contribution in [0.15, 0.2) is 103 Å². The Bertz CT molecular complexity index is 1240. The van der Waals surface area contributed by atoms with Crippen molar-refractivity contribution in [2.24, 2.45) is 0 Å². The quantitative estimate of drug-likeness (QED) is 0.279. The predicted molar refractivity (Wildman–Crippen MR) is 145 cm³/mol. The summed E-state index contributed by atoms with van der Waals surface area (Å²) in [6, 6.07) is 34.4. The average molecular weight is 482 g/mol. The zero-order valence-corrected chi connectivity index (χ0v) is 21.4. The van der Waals surface area contributed by atoms with Crippen molar-refractivity contribution in [1.29, 1.82) is 0 Å². The van der Waals surface area contributed by atoms with Gasteiger partial charge in [-0.15, -0.1) is 0 Å². The number of aliphatic hydroxyl groups is 1. The van der Waals surface area contributed by atoms with Crippen molar-refractivity contribution < 1.29 is 14.6 Å². The van der Waals surface area contributed by atoms with E-state index >= 15 is 0 Å². The highest BCUT2D eigenvalue weighted by molar-refractivity contribution is 5.83. The Hall–Kier alpha value is -3.47. The first-order chi connectivity index (χ1) is 17.2. The number of hydrogen-bond acceptors (Lipinski definition) is 4. The smallest absolute Gasteiger partial charge is 0.309 e. The summed E-state index contributed by atoms with van der Waals surface area (Å²) in [4.78, 5) is 15.2. The number of rotatable bonds is 9. The molecule has 0 bridgehead atoms. The molecule has 0 saturated carbocycles. The normalized spacial score (nSPS) is 13.5. The lowest BCUT2D eigenvalue weighted by atomic mass is 9.87. The molecule has 0 amide bonds. The molecule has 4 aromatic carbocycles. The topological polar surface area (TPSA) is 49.8 Å². The third-order valence-corrected chi connectivity index (χ3v) is 6.13. The van der Waals surface area contributed by atoms with Crippen LogP contribution in [-0.2, 0) is 28.2 Å². The van der Waals surface area contributed by atoms with Crippen molar-refractivity contribution in [2.45, 2.75) is 51.5 Å². The minimum atomic E-state index is -1.43. The van der Waals surface area contributed by atoms with Gasteiger partial charge in [0.05, 0.1) is 6.42 Å². The number of nitrogens with zero attached hydrogens (tertiary/aromatic N) is 1. The SMILES string of the molecule is CC(C)(C)OC(=O)CC(O)(CN(Cc1ccccc1)Cc1ccccc1)c1ccc2ccccc2c1. The van der Waals surface area contributed by atoms with Gasteiger partial charge in [-0.05, 0) is 54.3 Å². The van der Waals surface area contributed by atoms with E-state index in [2.05, 4.69) is 29.2 Å². The molecule has 0 aliphatic rings. The van der Waals surface area contributed by atoms with Gasteiger partial charge in [0.1, 0.15) is 11.2 Å².